The third kappa shape index (κ3) is 2.69. The Morgan fingerprint density at radius 1 is 1.20 bits per heavy atom. The van der Waals surface area contributed by atoms with Crippen LogP contribution in [0.15, 0.2) is 29.8 Å². The fourth-order valence-electron chi connectivity index (χ4n) is 2.06. The van der Waals surface area contributed by atoms with E-state index >= 15 is 0 Å². The van der Waals surface area contributed by atoms with Gasteiger partial charge >= 0.3 is 0 Å². The quantitative estimate of drug-likeness (QED) is 0.740. The van der Waals surface area contributed by atoms with E-state index in [1.165, 1.54) is 23.1 Å². The molecule has 0 amide bonds. The average molecular weight is 202 g/mol. The molecule has 1 atom stereocenters. The van der Waals surface area contributed by atoms with E-state index in [4.69, 9.17) is 0 Å². The van der Waals surface area contributed by atoms with Crippen LogP contribution < -0.4 is 0 Å². The van der Waals surface area contributed by atoms with E-state index in [0.29, 0.717) is 0 Å². The standard InChI is InChI=1S/C14H18O/c1-11-6-8-12(9-7-11)10-13-4-2-3-5-14(13)15/h6-10,14-15H,2-5H2,1H3/b13-10+/t14-/m0/s1. The van der Waals surface area contributed by atoms with Crippen LogP contribution in [-0.4, -0.2) is 11.2 Å². The molecule has 1 nitrogen and oxygen atoms in total. The number of aliphatic hydroxyl groups excluding tert-OH is 1. The van der Waals surface area contributed by atoms with Crippen LogP contribution in [0.2, 0.25) is 0 Å². The molecule has 1 aromatic carbocycles. The molecular weight excluding hydrogens is 184 g/mol. The van der Waals surface area contributed by atoms with Crippen molar-refractivity contribution in [2.45, 2.75) is 38.7 Å². The Kier molecular flexibility index (Phi) is 3.22. The second-order valence-corrected chi connectivity index (χ2v) is 4.39. The normalized spacial score (nSPS) is 24.4. The summed E-state index contributed by atoms with van der Waals surface area (Å²) in [4.78, 5) is 0. The van der Waals surface area contributed by atoms with Crippen LogP contribution in [0.5, 0.6) is 0 Å². The first-order chi connectivity index (χ1) is 7.25. The van der Waals surface area contributed by atoms with Crippen molar-refractivity contribution in [3.8, 4) is 0 Å². The zero-order valence-corrected chi connectivity index (χ0v) is 9.24. The molecule has 1 aliphatic carbocycles. The molecule has 1 aliphatic rings. The van der Waals surface area contributed by atoms with Crippen LogP contribution in [-0.2, 0) is 0 Å². The highest BCUT2D eigenvalue weighted by Gasteiger charge is 2.15. The molecule has 15 heavy (non-hydrogen) atoms. The Morgan fingerprint density at radius 2 is 1.93 bits per heavy atom. The van der Waals surface area contributed by atoms with Crippen LogP contribution in [0.3, 0.4) is 0 Å². The summed E-state index contributed by atoms with van der Waals surface area (Å²) in [6.45, 7) is 2.09. The van der Waals surface area contributed by atoms with E-state index in [-0.39, 0.29) is 6.10 Å². The topological polar surface area (TPSA) is 20.2 Å². The van der Waals surface area contributed by atoms with E-state index in [1.807, 2.05) is 0 Å². The van der Waals surface area contributed by atoms with Crippen LogP contribution in [0, 0.1) is 6.92 Å². The van der Waals surface area contributed by atoms with Crippen molar-refractivity contribution < 1.29 is 5.11 Å². The summed E-state index contributed by atoms with van der Waals surface area (Å²) in [6, 6.07) is 8.45. The highest BCUT2D eigenvalue weighted by Crippen LogP contribution is 2.25. The molecule has 0 spiro atoms. The van der Waals surface area contributed by atoms with Crippen molar-refractivity contribution in [3.05, 3.63) is 41.0 Å². The fourth-order valence-corrected chi connectivity index (χ4v) is 2.06. The SMILES string of the molecule is Cc1ccc(/C=C2\CCCC[C@@H]2O)cc1. The van der Waals surface area contributed by atoms with Crippen LogP contribution in [0.4, 0.5) is 0 Å². The van der Waals surface area contributed by atoms with Crippen molar-refractivity contribution in [1.82, 2.24) is 0 Å². The van der Waals surface area contributed by atoms with Gasteiger partial charge in [-0.2, -0.15) is 0 Å². The van der Waals surface area contributed by atoms with E-state index in [2.05, 4.69) is 37.3 Å². The highest BCUT2D eigenvalue weighted by atomic mass is 16.3. The maximum Gasteiger partial charge on any atom is 0.0753 e. The van der Waals surface area contributed by atoms with Crippen LogP contribution in [0.25, 0.3) is 6.08 Å². The van der Waals surface area contributed by atoms with Crippen molar-refractivity contribution in [1.29, 1.82) is 0 Å². The minimum atomic E-state index is -0.208. The van der Waals surface area contributed by atoms with Gasteiger partial charge in [0.2, 0.25) is 0 Å². The Bertz CT molecular complexity index is 348. The predicted octanol–water partition coefficient (Wildman–Crippen LogP) is 3.31. The molecule has 0 radical (unpaired) electrons. The molecule has 1 heteroatoms. The fraction of sp³-hybridized carbons (Fsp3) is 0.429. The molecule has 0 aliphatic heterocycles. The maximum absolute atomic E-state index is 9.82. The number of aryl methyl sites for hydroxylation is 1. The molecule has 1 aromatic rings. The molecule has 0 saturated heterocycles. The van der Waals surface area contributed by atoms with Crippen molar-refractivity contribution >= 4 is 6.08 Å². The summed E-state index contributed by atoms with van der Waals surface area (Å²) < 4.78 is 0. The number of benzene rings is 1. The van der Waals surface area contributed by atoms with Gasteiger partial charge in [-0.05, 0) is 37.3 Å². The first kappa shape index (κ1) is 10.4. The number of rotatable bonds is 1. The second kappa shape index (κ2) is 4.63. The van der Waals surface area contributed by atoms with Gasteiger partial charge in [0, 0.05) is 0 Å². The molecular formula is C14H18O. The number of aliphatic hydroxyl groups is 1. The lowest BCUT2D eigenvalue weighted by Crippen LogP contribution is -2.14. The lowest BCUT2D eigenvalue weighted by atomic mass is 9.91. The van der Waals surface area contributed by atoms with Gasteiger partial charge in [-0.3, -0.25) is 0 Å². The monoisotopic (exact) mass is 202 g/mol. The zero-order valence-electron chi connectivity index (χ0n) is 9.24. The Balaban J connectivity index is 2.17. The van der Waals surface area contributed by atoms with E-state index in [1.54, 1.807) is 0 Å². The van der Waals surface area contributed by atoms with Gasteiger partial charge in [0.05, 0.1) is 6.10 Å². The summed E-state index contributed by atoms with van der Waals surface area (Å²) >= 11 is 0. The summed E-state index contributed by atoms with van der Waals surface area (Å²) in [5, 5.41) is 9.82. The first-order valence-corrected chi connectivity index (χ1v) is 5.71. The summed E-state index contributed by atoms with van der Waals surface area (Å²) in [5.74, 6) is 0. The third-order valence-electron chi connectivity index (χ3n) is 3.05. The van der Waals surface area contributed by atoms with Gasteiger partial charge < -0.3 is 5.11 Å². The molecule has 0 aromatic heterocycles. The van der Waals surface area contributed by atoms with Crippen molar-refractivity contribution in [2.75, 3.05) is 0 Å². The number of hydrogen-bond donors (Lipinski definition) is 1. The molecule has 80 valence electrons. The van der Waals surface area contributed by atoms with Gasteiger partial charge in [-0.25, -0.2) is 0 Å². The first-order valence-electron chi connectivity index (χ1n) is 5.71. The van der Waals surface area contributed by atoms with Gasteiger partial charge in [-0.15, -0.1) is 0 Å². The lowest BCUT2D eigenvalue weighted by molar-refractivity contribution is 0.180. The highest BCUT2D eigenvalue weighted by molar-refractivity contribution is 5.54. The molecule has 0 unspecified atom stereocenters. The summed E-state index contributed by atoms with van der Waals surface area (Å²) in [5.41, 5.74) is 3.68. The predicted molar refractivity (Wildman–Crippen MR) is 63.6 cm³/mol. The Labute approximate surface area is 91.4 Å². The van der Waals surface area contributed by atoms with Crippen LogP contribution in [0.1, 0.15) is 36.8 Å². The minimum Gasteiger partial charge on any atom is -0.389 e. The van der Waals surface area contributed by atoms with E-state index < -0.39 is 0 Å². The Hall–Kier alpha value is -1.08. The van der Waals surface area contributed by atoms with Gasteiger partial charge in [0.15, 0.2) is 0 Å². The van der Waals surface area contributed by atoms with Gasteiger partial charge in [0.25, 0.3) is 0 Å². The van der Waals surface area contributed by atoms with Gasteiger partial charge in [-0.1, -0.05) is 42.3 Å². The van der Waals surface area contributed by atoms with Crippen molar-refractivity contribution in [2.24, 2.45) is 0 Å². The minimum absolute atomic E-state index is 0.208. The molecule has 1 saturated carbocycles. The lowest BCUT2D eigenvalue weighted by Gasteiger charge is -2.20. The second-order valence-electron chi connectivity index (χ2n) is 4.39. The summed E-state index contributed by atoms with van der Waals surface area (Å²) in [7, 11) is 0. The Morgan fingerprint density at radius 3 is 2.60 bits per heavy atom. The zero-order chi connectivity index (χ0) is 10.7. The maximum atomic E-state index is 9.82. The number of hydrogen-bond acceptors (Lipinski definition) is 1. The third-order valence-corrected chi connectivity index (χ3v) is 3.05. The smallest absolute Gasteiger partial charge is 0.0753 e. The molecule has 1 N–H and O–H groups in total. The molecule has 0 heterocycles. The largest absolute Gasteiger partial charge is 0.389 e. The molecule has 2 rings (SSSR count). The van der Waals surface area contributed by atoms with Crippen molar-refractivity contribution in [3.63, 3.8) is 0 Å². The summed E-state index contributed by atoms with van der Waals surface area (Å²) in [6.07, 6.45) is 6.29. The van der Waals surface area contributed by atoms with E-state index in [0.717, 1.165) is 19.3 Å². The van der Waals surface area contributed by atoms with E-state index in [9.17, 15) is 5.11 Å². The van der Waals surface area contributed by atoms with Crippen LogP contribution >= 0.6 is 0 Å². The molecule has 1 fully saturated rings. The average Bonchev–Trinajstić information content (AvgIpc) is 2.25. The van der Waals surface area contributed by atoms with Gasteiger partial charge in [0.1, 0.15) is 0 Å². The molecule has 0 bridgehead atoms.